The molecule has 0 amide bonds. The molecule has 2 atom stereocenters. The lowest BCUT2D eigenvalue weighted by atomic mass is 9.85. The zero-order chi connectivity index (χ0) is 14.0. The van der Waals surface area contributed by atoms with Gasteiger partial charge in [-0.15, -0.1) is 0 Å². The molecule has 1 aliphatic rings. The quantitative estimate of drug-likeness (QED) is 0.698. The monoisotopic (exact) mass is 383 g/mol. The first kappa shape index (κ1) is 14.9. The second kappa shape index (κ2) is 5.89. The van der Waals surface area contributed by atoms with E-state index < -0.39 is 12.1 Å². The summed E-state index contributed by atoms with van der Waals surface area (Å²) in [5.41, 5.74) is 2.10. The minimum absolute atomic E-state index is 0.0705. The van der Waals surface area contributed by atoms with Crippen molar-refractivity contribution in [3.05, 3.63) is 27.3 Å². The van der Waals surface area contributed by atoms with Gasteiger partial charge in [0.25, 0.3) is 0 Å². The fraction of sp³-hybridized carbons (Fsp3) is 0.571. The van der Waals surface area contributed by atoms with Crippen LogP contribution in [-0.4, -0.2) is 12.2 Å². The van der Waals surface area contributed by atoms with Crippen molar-refractivity contribution in [1.82, 2.24) is 0 Å². The van der Waals surface area contributed by atoms with Crippen molar-refractivity contribution in [3.63, 3.8) is 0 Å². The fourth-order valence-corrected chi connectivity index (χ4v) is 3.05. The van der Waals surface area contributed by atoms with Crippen molar-refractivity contribution in [2.45, 2.75) is 44.8 Å². The standard InChI is InChI=1S/C14H17F3IN/c1-9-5-6-12(8-13(9)18)19-11-4-2-3-10(7-11)14(15,16)17/h5-6,8,10-11,19H,2-4,7H2,1H3. The zero-order valence-corrected chi connectivity index (χ0v) is 12.9. The van der Waals surface area contributed by atoms with Crippen LogP contribution in [0.25, 0.3) is 0 Å². The number of hydrogen-bond acceptors (Lipinski definition) is 1. The van der Waals surface area contributed by atoms with Crippen LogP contribution in [-0.2, 0) is 0 Å². The summed E-state index contributed by atoms with van der Waals surface area (Å²) in [6.07, 6.45) is -2.13. The normalized spacial score (nSPS) is 24.3. The van der Waals surface area contributed by atoms with Gasteiger partial charge in [0.2, 0.25) is 0 Å². The highest BCUT2D eigenvalue weighted by molar-refractivity contribution is 14.1. The number of nitrogens with one attached hydrogen (secondary N) is 1. The summed E-state index contributed by atoms with van der Waals surface area (Å²) in [6.45, 7) is 2.02. The van der Waals surface area contributed by atoms with Crippen LogP contribution in [0.3, 0.4) is 0 Å². The maximum atomic E-state index is 12.7. The van der Waals surface area contributed by atoms with Gasteiger partial charge in [-0.05, 0) is 66.5 Å². The van der Waals surface area contributed by atoms with Crippen molar-refractivity contribution in [3.8, 4) is 0 Å². The molecule has 1 aromatic rings. The van der Waals surface area contributed by atoms with Crippen LogP contribution in [0.5, 0.6) is 0 Å². The minimum Gasteiger partial charge on any atom is -0.382 e. The molecule has 0 heterocycles. The Morgan fingerprint density at radius 3 is 2.63 bits per heavy atom. The molecule has 19 heavy (non-hydrogen) atoms. The maximum Gasteiger partial charge on any atom is 0.391 e. The molecule has 2 rings (SSSR count). The van der Waals surface area contributed by atoms with E-state index in [-0.39, 0.29) is 18.9 Å². The van der Waals surface area contributed by atoms with Gasteiger partial charge < -0.3 is 5.32 Å². The van der Waals surface area contributed by atoms with Crippen molar-refractivity contribution in [2.75, 3.05) is 5.32 Å². The van der Waals surface area contributed by atoms with Crippen molar-refractivity contribution in [2.24, 2.45) is 5.92 Å². The highest BCUT2D eigenvalue weighted by Crippen LogP contribution is 2.38. The number of benzene rings is 1. The summed E-state index contributed by atoms with van der Waals surface area (Å²) in [5, 5.41) is 3.25. The molecule has 1 saturated carbocycles. The maximum absolute atomic E-state index is 12.7. The molecular formula is C14H17F3IN. The first-order chi connectivity index (χ1) is 8.86. The van der Waals surface area contributed by atoms with Gasteiger partial charge in [-0.1, -0.05) is 12.5 Å². The van der Waals surface area contributed by atoms with E-state index in [4.69, 9.17) is 0 Å². The smallest absolute Gasteiger partial charge is 0.382 e. The number of halogens is 4. The lowest BCUT2D eigenvalue weighted by molar-refractivity contribution is -0.182. The Bertz CT molecular complexity index is 445. The largest absolute Gasteiger partial charge is 0.391 e. The predicted molar refractivity (Wildman–Crippen MR) is 79.3 cm³/mol. The Morgan fingerprint density at radius 1 is 1.26 bits per heavy atom. The summed E-state index contributed by atoms with van der Waals surface area (Å²) < 4.78 is 39.4. The molecule has 0 saturated heterocycles. The van der Waals surface area contributed by atoms with Gasteiger partial charge in [0.1, 0.15) is 0 Å². The van der Waals surface area contributed by atoms with Crippen LogP contribution in [0.1, 0.15) is 31.2 Å². The van der Waals surface area contributed by atoms with Gasteiger partial charge in [-0.2, -0.15) is 13.2 Å². The lowest BCUT2D eigenvalue weighted by Crippen LogP contribution is -2.34. The summed E-state index contributed by atoms with van der Waals surface area (Å²) in [5.74, 6) is -1.15. The Labute approximate surface area is 125 Å². The third kappa shape index (κ3) is 4.00. The number of anilines is 1. The average Bonchev–Trinajstić information content (AvgIpc) is 2.33. The minimum atomic E-state index is -4.05. The van der Waals surface area contributed by atoms with Crippen LogP contribution in [0.15, 0.2) is 18.2 Å². The average molecular weight is 383 g/mol. The summed E-state index contributed by atoms with van der Waals surface area (Å²) in [4.78, 5) is 0. The summed E-state index contributed by atoms with van der Waals surface area (Å²) in [6, 6.07) is 5.86. The Morgan fingerprint density at radius 2 is 2.00 bits per heavy atom. The van der Waals surface area contributed by atoms with Gasteiger partial charge in [0.05, 0.1) is 5.92 Å². The highest BCUT2D eigenvalue weighted by atomic mass is 127. The molecule has 5 heteroatoms. The van der Waals surface area contributed by atoms with Crippen LogP contribution < -0.4 is 5.32 Å². The first-order valence-corrected chi connectivity index (χ1v) is 7.53. The second-order valence-electron chi connectivity index (χ2n) is 5.21. The lowest BCUT2D eigenvalue weighted by Gasteiger charge is -2.31. The topological polar surface area (TPSA) is 12.0 Å². The van der Waals surface area contributed by atoms with Gasteiger partial charge >= 0.3 is 6.18 Å². The van der Waals surface area contributed by atoms with Crippen LogP contribution in [0, 0.1) is 16.4 Å². The van der Waals surface area contributed by atoms with Crippen LogP contribution in [0.4, 0.5) is 18.9 Å². The molecule has 2 unspecified atom stereocenters. The van der Waals surface area contributed by atoms with E-state index in [0.29, 0.717) is 6.42 Å². The molecule has 0 aliphatic heterocycles. The molecule has 1 nitrogen and oxygen atoms in total. The third-order valence-electron chi connectivity index (χ3n) is 3.68. The molecule has 0 radical (unpaired) electrons. The van der Waals surface area contributed by atoms with Crippen LogP contribution >= 0.6 is 22.6 Å². The Kier molecular flexibility index (Phi) is 4.63. The van der Waals surface area contributed by atoms with Gasteiger partial charge in [0.15, 0.2) is 0 Å². The molecule has 1 aromatic carbocycles. The van der Waals surface area contributed by atoms with Crippen molar-refractivity contribution < 1.29 is 13.2 Å². The molecule has 1 fully saturated rings. The van der Waals surface area contributed by atoms with E-state index in [1.165, 1.54) is 5.56 Å². The number of aryl methyl sites for hydroxylation is 1. The molecule has 0 bridgehead atoms. The van der Waals surface area contributed by atoms with E-state index in [2.05, 4.69) is 27.9 Å². The summed E-state index contributed by atoms with van der Waals surface area (Å²) in [7, 11) is 0. The first-order valence-electron chi connectivity index (χ1n) is 6.45. The summed E-state index contributed by atoms with van der Waals surface area (Å²) >= 11 is 2.24. The number of alkyl halides is 3. The van der Waals surface area contributed by atoms with E-state index >= 15 is 0 Å². The van der Waals surface area contributed by atoms with Crippen LogP contribution in [0.2, 0.25) is 0 Å². The SMILES string of the molecule is Cc1ccc(NC2CCCC(C(F)(F)F)C2)cc1I. The molecular weight excluding hydrogens is 366 g/mol. The zero-order valence-electron chi connectivity index (χ0n) is 10.7. The van der Waals surface area contributed by atoms with E-state index in [0.717, 1.165) is 15.7 Å². The Balaban J connectivity index is 2.00. The second-order valence-corrected chi connectivity index (χ2v) is 6.37. The van der Waals surface area contributed by atoms with Crippen molar-refractivity contribution in [1.29, 1.82) is 0 Å². The molecule has 1 N–H and O–H groups in total. The van der Waals surface area contributed by atoms with E-state index in [1.807, 2.05) is 25.1 Å². The predicted octanol–water partition coefficient (Wildman–Crippen LogP) is 5.13. The van der Waals surface area contributed by atoms with Gasteiger partial charge in [0, 0.05) is 15.3 Å². The fourth-order valence-electron chi connectivity index (χ4n) is 2.54. The van der Waals surface area contributed by atoms with Gasteiger partial charge in [-0.25, -0.2) is 0 Å². The number of hydrogen-bond donors (Lipinski definition) is 1. The van der Waals surface area contributed by atoms with Gasteiger partial charge in [-0.3, -0.25) is 0 Å². The molecule has 1 aliphatic carbocycles. The molecule has 106 valence electrons. The van der Waals surface area contributed by atoms with Crippen molar-refractivity contribution >= 4 is 28.3 Å². The Hall–Kier alpha value is -0.460. The third-order valence-corrected chi connectivity index (χ3v) is 4.84. The van der Waals surface area contributed by atoms with E-state index in [1.54, 1.807) is 0 Å². The number of rotatable bonds is 2. The molecule has 0 spiro atoms. The van der Waals surface area contributed by atoms with E-state index in [9.17, 15) is 13.2 Å². The molecule has 0 aromatic heterocycles. The highest BCUT2D eigenvalue weighted by Gasteiger charge is 2.42.